The van der Waals surface area contributed by atoms with E-state index in [9.17, 15) is 19.1 Å². The van der Waals surface area contributed by atoms with Crippen LogP contribution in [0, 0.1) is 0 Å². The van der Waals surface area contributed by atoms with Crippen molar-refractivity contribution in [1.29, 1.82) is 0 Å². The summed E-state index contributed by atoms with van der Waals surface area (Å²) in [5.41, 5.74) is 4.05. The van der Waals surface area contributed by atoms with Crippen LogP contribution in [0.25, 0.3) is 33.3 Å². The van der Waals surface area contributed by atoms with Crippen LogP contribution in [-0.4, -0.2) is 77.0 Å². The lowest BCUT2D eigenvalue weighted by Gasteiger charge is -2.18. The van der Waals surface area contributed by atoms with Gasteiger partial charge in [0.1, 0.15) is 17.6 Å². The molecule has 13 heteroatoms. The number of rotatable bonds is 11. The Morgan fingerprint density at radius 1 is 1.05 bits per heavy atom. The average Bonchev–Trinajstić information content (AvgIpc) is 3.34. The van der Waals surface area contributed by atoms with E-state index in [-0.39, 0.29) is 5.91 Å². The summed E-state index contributed by atoms with van der Waals surface area (Å²) in [6.07, 6.45) is 7.30. The molecular formula is C29H34N5O7P. The molecule has 3 aromatic heterocycles. The van der Waals surface area contributed by atoms with Gasteiger partial charge in [0, 0.05) is 72.6 Å². The first-order valence-electron chi connectivity index (χ1n) is 12.9. The molecule has 1 aromatic carbocycles. The molecule has 0 aliphatic heterocycles. The van der Waals surface area contributed by atoms with Crippen molar-refractivity contribution in [2.75, 3.05) is 46.8 Å². The van der Waals surface area contributed by atoms with Gasteiger partial charge in [0.15, 0.2) is 0 Å². The Labute approximate surface area is 244 Å². The SMILES string of the molecule is COc1cc(-c2cnc3c(c2)c(-c2ccnc(OC)c2)cn3C(C)OP(=O)(O)O)cc(N(C)C(=O)C=CCN(C)C)c1. The number of aromatic nitrogens is 3. The van der Waals surface area contributed by atoms with E-state index in [1.807, 2.05) is 37.2 Å². The molecule has 1 unspecified atom stereocenters. The monoisotopic (exact) mass is 595 g/mol. The molecule has 1 atom stereocenters. The number of anilines is 1. The van der Waals surface area contributed by atoms with Crippen LogP contribution in [0.1, 0.15) is 13.2 Å². The highest BCUT2D eigenvalue weighted by atomic mass is 31.2. The second-order valence-electron chi connectivity index (χ2n) is 9.81. The predicted molar refractivity (Wildman–Crippen MR) is 160 cm³/mol. The van der Waals surface area contributed by atoms with E-state index < -0.39 is 14.1 Å². The van der Waals surface area contributed by atoms with E-state index in [2.05, 4.69) is 9.97 Å². The summed E-state index contributed by atoms with van der Waals surface area (Å²) in [6.45, 7) is 2.16. The topological polar surface area (TPSA) is 139 Å². The fourth-order valence-corrected chi connectivity index (χ4v) is 4.90. The van der Waals surface area contributed by atoms with Gasteiger partial charge in [-0.05, 0) is 56.4 Å². The number of phosphoric acid groups is 1. The third kappa shape index (κ3) is 7.22. The minimum absolute atomic E-state index is 0.185. The minimum atomic E-state index is -4.77. The van der Waals surface area contributed by atoms with Gasteiger partial charge in [-0.25, -0.2) is 14.5 Å². The van der Waals surface area contributed by atoms with E-state index in [4.69, 9.17) is 14.0 Å². The molecule has 1 amide bonds. The first kappa shape index (κ1) is 30.9. The number of carbonyl (C=O) groups is 1. The second kappa shape index (κ2) is 12.8. The van der Waals surface area contributed by atoms with Gasteiger partial charge in [0.2, 0.25) is 11.8 Å². The van der Waals surface area contributed by atoms with Crippen molar-refractivity contribution >= 4 is 30.5 Å². The zero-order valence-corrected chi connectivity index (χ0v) is 25.1. The molecule has 0 spiro atoms. The van der Waals surface area contributed by atoms with Crippen molar-refractivity contribution in [2.24, 2.45) is 0 Å². The maximum Gasteiger partial charge on any atom is 0.471 e. The van der Waals surface area contributed by atoms with Crippen LogP contribution in [0.5, 0.6) is 11.6 Å². The number of methoxy groups -OCH3 is 2. The molecule has 0 fully saturated rings. The van der Waals surface area contributed by atoms with Crippen LogP contribution in [-0.2, 0) is 13.9 Å². The van der Waals surface area contributed by atoms with Crippen molar-refractivity contribution in [2.45, 2.75) is 13.2 Å². The van der Waals surface area contributed by atoms with E-state index in [1.54, 1.807) is 61.6 Å². The molecule has 0 saturated carbocycles. The van der Waals surface area contributed by atoms with Crippen LogP contribution >= 0.6 is 7.82 Å². The zero-order chi connectivity index (χ0) is 30.6. The van der Waals surface area contributed by atoms with Gasteiger partial charge in [-0.3, -0.25) is 9.32 Å². The Balaban J connectivity index is 1.84. The molecule has 42 heavy (non-hydrogen) atoms. The Kier molecular flexibility index (Phi) is 9.45. The largest absolute Gasteiger partial charge is 0.497 e. The number of hydrogen-bond acceptors (Lipinski definition) is 8. The normalized spacial score (nSPS) is 12.7. The maximum absolute atomic E-state index is 12.8. The Morgan fingerprint density at radius 2 is 1.81 bits per heavy atom. The molecule has 0 bridgehead atoms. The van der Waals surface area contributed by atoms with Gasteiger partial charge in [0.25, 0.3) is 0 Å². The van der Waals surface area contributed by atoms with Gasteiger partial charge in [-0.1, -0.05) is 6.08 Å². The van der Waals surface area contributed by atoms with Crippen molar-refractivity contribution in [3.8, 4) is 33.9 Å². The zero-order valence-electron chi connectivity index (χ0n) is 24.3. The second-order valence-corrected chi connectivity index (χ2v) is 11.0. The maximum atomic E-state index is 12.8. The molecule has 0 aliphatic carbocycles. The summed E-state index contributed by atoms with van der Waals surface area (Å²) in [4.78, 5) is 44.0. The van der Waals surface area contributed by atoms with E-state index in [0.29, 0.717) is 34.9 Å². The number of fused-ring (bicyclic) bond motifs is 1. The molecule has 2 N–H and O–H groups in total. The van der Waals surface area contributed by atoms with Crippen molar-refractivity contribution in [1.82, 2.24) is 19.4 Å². The molecule has 3 heterocycles. The molecule has 12 nitrogen and oxygen atoms in total. The summed E-state index contributed by atoms with van der Waals surface area (Å²) in [6, 6.07) is 11.0. The van der Waals surface area contributed by atoms with Crippen LogP contribution < -0.4 is 14.4 Å². The number of carbonyl (C=O) groups excluding carboxylic acids is 1. The molecule has 0 saturated heterocycles. The highest BCUT2D eigenvalue weighted by Gasteiger charge is 2.24. The lowest BCUT2D eigenvalue weighted by molar-refractivity contribution is -0.113. The first-order chi connectivity index (χ1) is 19.9. The number of amides is 1. The first-order valence-corrected chi connectivity index (χ1v) is 14.5. The predicted octanol–water partition coefficient (Wildman–Crippen LogP) is 4.49. The number of ether oxygens (including phenoxy) is 2. The Hall–Kier alpha value is -4.06. The standard InChI is InChI=1S/C29H34N5O7P/c1-19(41-42(36,37)38)34-18-26(20-9-10-30-27(15-20)40-6)25-14-22(17-31-29(25)34)21-12-23(16-24(13-21)39-5)33(4)28(35)8-7-11-32(2)3/h7-10,12-19H,11H2,1-6H3,(H2,36,37,38). The van der Waals surface area contributed by atoms with Gasteiger partial charge in [-0.2, -0.15) is 0 Å². The highest BCUT2D eigenvalue weighted by Crippen LogP contribution is 2.43. The molecular weight excluding hydrogens is 561 g/mol. The van der Waals surface area contributed by atoms with Gasteiger partial charge in [0.05, 0.1) is 14.2 Å². The number of likely N-dealkylation sites (N-methyl/N-ethyl adjacent to an activating group) is 2. The van der Waals surface area contributed by atoms with Gasteiger partial charge >= 0.3 is 7.82 Å². The molecule has 4 aromatic rings. The average molecular weight is 596 g/mol. The van der Waals surface area contributed by atoms with Crippen LogP contribution in [0.4, 0.5) is 5.69 Å². The summed E-state index contributed by atoms with van der Waals surface area (Å²) in [5.74, 6) is 0.774. The van der Waals surface area contributed by atoms with Crippen molar-refractivity contribution in [3.05, 3.63) is 67.1 Å². The number of benzene rings is 1. The van der Waals surface area contributed by atoms with E-state index in [0.717, 1.165) is 22.3 Å². The minimum Gasteiger partial charge on any atom is -0.497 e. The molecule has 4 rings (SSSR count). The fraction of sp³-hybridized carbons (Fsp3) is 0.276. The summed E-state index contributed by atoms with van der Waals surface area (Å²) < 4.78 is 29.0. The summed E-state index contributed by atoms with van der Waals surface area (Å²) in [7, 11) is 3.84. The Bertz CT molecular complexity index is 1660. The molecule has 0 radical (unpaired) electrons. The van der Waals surface area contributed by atoms with Crippen molar-refractivity contribution < 1.29 is 33.1 Å². The van der Waals surface area contributed by atoms with E-state index in [1.165, 1.54) is 25.0 Å². The highest BCUT2D eigenvalue weighted by molar-refractivity contribution is 7.46. The molecule has 222 valence electrons. The van der Waals surface area contributed by atoms with Crippen LogP contribution in [0.15, 0.2) is 67.1 Å². The number of hydrogen-bond donors (Lipinski definition) is 2. The molecule has 0 aliphatic rings. The third-order valence-electron chi connectivity index (χ3n) is 6.52. The number of nitrogens with zero attached hydrogens (tertiary/aromatic N) is 5. The third-order valence-corrected chi connectivity index (χ3v) is 7.10. The lowest BCUT2D eigenvalue weighted by atomic mass is 10.0. The van der Waals surface area contributed by atoms with E-state index >= 15 is 0 Å². The summed E-state index contributed by atoms with van der Waals surface area (Å²) in [5, 5.41) is 0.697. The van der Waals surface area contributed by atoms with Crippen molar-refractivity contribution in [3.63, 3.8) is 0 Å². The van der Waals surface area contributed by atoms with Gasteiger partial charge < -0.3 is 33.6 Å². The fourth-order valence-electron chi connectivity index (χ4n) is 4.40. The lowest BCUT2D eigenvalue weighted by Crippen LogP contribution is -2.24. The van der Waals surface area contributed by atoms with Gasteiger partial charge in [-0.15, -0.1) is 0 Å². The van der Waals surface area contributed by atoms with Crippen LogP contribution in [0.3, 0.4) is 0 Å². The Morgan fingerprint density at radius 3 is 2.48 bits per heavy atom. The van der Waals surface area contributed by atoms with Crippen LogP contribution in [0.2, 0.25) is 0 Å². The summed E-state index contributed by atoms with van der Waals surface area (Å²) >= 11 is 0. The smallest absolute Gasteiger partial charge is 0.471 e. The quantitative estimate of drug-likeness (QED) is 0.188. The number of pyridine rings is 2. The number of phosphoric ester groups is 1.